The van der Waals surface area contributed by atoms with Gasteiger partial charge < -0.3 is 5.11 Å². The third-order valence-electron chi connectivity index (χ3n) is 1.59. The highest BCUT2D eigenvalue weighted by Crippen LogP contribution is 2.05. The van der Waals surface area contributed by atoms with Crippen molar-refractivity contribution < 1.29 is 9.90 Å². The summed E-state index contributed by atoms with van der Waals surface area (Å²) >= 11 is 5.49. The monoisotopic (exact) mass is 211 g/mol. The molecule has 0 amide bonds. The summed E-state index contributed by atoms with van der Waals surface area (Å²) < 4.78 is 0. The maximum absolute atomic E-state index is 10.6. The molecule has 3 nitrogen and oxygen atoms in total. The number of nitrogens with zero attached hydrogens (tertiary/aromatic N) is 1. The largest absolute Gasteiger partial charge is 0.477 e. The first-order valence-corrected chi connectivity index (χ1v) is 4.69. The van der Waals surface area contributed by atoms with Gasteiger partial charge in [0.1, 0.15) is 5.69 Å². The third kappa shape index (κ3) is 3.18. The minimum Gasteiger partial charge on any atom is -0.477 e. The molecule has 0 bridgehead atoms. The first kappa shape index (κ1) is 10.7. The van der Waals surface area contributed by atoms with E-state index in [9.17, 15) is 4.79 Å². The fourth-order valence-corrected chi connectivity index (χ4v) is 1.08. The van der Waals surface area contributed by atoms with Gasteiger partial charge >= 0.3 is 5.97 Å². The first-order chi connectivity index (χ1) is 6.74. The molecule has 1 heterocycles. The molecule has 0 saturated carbocycles. The number of hydrogen-bond donors (Lipinski definition) is 1. The predicted octanol–water partition coefficient (Wildman–Crippen LogP) is 2.42. The van der Waals surface area contributed by atoms with Crippen LogP contribution >= 0.6 is 11.6 Å². The summed E-state index contributed by atoms with van der Waals surface area (Å²) in [6.45, 7) is 0. The zero-order chi connectivity index (χ0) is 10.4. The highest BCUT2D eigenvalue weighted by molar-refractivity contribution is 6.17. The molecule has 4 heteroatoms. The molecule has 1 aromatic rings. The number of rotatable bonds is 4. The molecule has 1 aromatic heterocycles. The van der Waals surface area contributed by atoms with Gasteiger partial charge in [-0.2, -0.15) is 0 Å². The maximum Gasteiger partial charge on any atom is 0.354 e. The fourth-order valence-electron chi connectivity index (χ4n) is 0.950. The molecule has 0 aliphatic carbocycles. The topological polar surface area (TPSA) is 50.2 Å². The number of carboxylic acids is 1. The quantitative estimate of drug-likeness (QED) is 0.779. The van der Waals surface area contributed by atoms with Crippen LogP contribution < -0.4 is 0 Å². The molecule has 0 aromatic carbocycles. The van der Waals surface area contributed by atoms with Crippen LogP contribution in [0.5, 0.6) is 0 Å². The molecule has 0 spiro atoms. The minimum atomic E-state index is -1.02. The van der Waals surface area contributed by atoms with Crippen molar-refractivity contribution in [2.75, 3.05) is 5.88 Å². The first-order valence-electron chi connectivity index (χ1n) is 4.16. The lowest BCUT2D eigenvalue weighted by molar-refractivity contribution is 0.0690. The molecule has 74 valence electrons. The molecular weight excluding hydrogens is 202 g/mol. The molecule has 0 radical (unpaired) electrons. The standard InChI is InChI=1S/C10H10ClNO2/c11-5-2-1-3-8-4-6-12-9(7-8)10(13)14/h1,3-4,6-7H,2,5H2,(H,13,14). The summed E-state index contributed by atoms with van der Waals surface area (Å²) in [5, 5.41) is 8.67. The average Bonchev–Trinajstić information content (AvgIpc) is 2.19. The number of halogens is 1. The van der Waals surface area contributed by atoms with Gasteiger partial charge in [0.25, 0.3) is 0 Å². The van der Waals surface area contributed by atoms with Crippen molar-refractivity contribution in [1.82, 2.24) is 4.98 Å². The van der Waals surface area contributed by atoms with Gasteiger partial charge in [-0.3, -0.25) is 0 Å². The van der Waals surface area contributed by atoms with Gasteiger partial charge in [0.15, 0.2) is 0 Å². The van der Waals surface area contributed by atoms with Crippen LogP contribution in [0.4, 0.5) is 0 Å². The van der Waals surface area contributed by atoms with E-state index in [-0.39, 0.29) is 5.69 Å². The SMILES string of the molecule is O=C(O)c1cc(C=CCCCl)ccn1. The van der Waals surface area contributed by atoms with E-state index in [4.69, 9.17) is 16.7 Å². The molecule has 0 atom stereocenters. The van der Waals surface area contributed by atoms with Crippen LogP contribution in [0.1, 0.15) is 22.5 Å². The smallest absolute Gasteiger partial charge is 0.354 e. The lowest BCUT2D eigenvalue weighted by Crippen LogP contribution is -1.99. The van der Waals surface area contributed by atoms with Crippen LogP contribution in [-0.2, 0) is 0 Å². The molecule has 0 fully saturated rings. The summed E-state index contributed by atoms with van der Waals surface area (Å²) in [7, 11) is 0. The Kier molecular flexibility index (Phi) is 4.13. The van der Waals surface area contributed by atoms with Crippen molar-refractivity contribution in [1.29, 1.82) is 0 Å². The van der Waals surface area contributed by atoms with Gasteiger partial charge in [0.2, 0.25) is 0 Å². The van der Waals surface area contributed by atoms with E-state index < -0.39 is 5.97 Å². The summed E-state index contributed by atoms with van der Waals surface area (Å²) in [5.41, 5.74) is 0.876. The normalized spacial score (nSPS) is 10.6. The van der Waals surface area contributed by atoms with E-state index in [1.54, 1.807) is 6.07 Å². The number of hydrogen-bond acceptors (Lipinski definition) is 2. The molecule has 0 aliphatic rings. The van der Waals surface area contributed by atoms with Crippen LogP contribution in [-0.4, -0.2) is 21.9 Å². The summed E-state index contributed by atoms with van der Waals surface area (Å²) in [6, 6.07) is 3.27. The van der Waals surface area contributed by atoms with Crippen LogP contribution in [0.25, 0.3) is 6.08 Å². The molecule has 0 saturated heterocycles. The number of carboxylic acid groups (broad SMARTS) is 1. The Morgan fingerprint density at radius 2 is 2.43 bits per heavy atom. The van der Waals surface area contributed by atoms with Gasteiger partial charge in [-0.1, -0.05) is 12.2 Å². The van der Waals surface area contributed by atoms with Crippen molar-refractivity contribution in [3.63, 3.8) is 0 Å². The van der Waals surface area contributed by atoms with Crippen LogP contribution in [0, 0.1) is 0 Å². The minimum absolute atomic E-state index is 0.0537. The average molecular weight is 212 g/mol. The van der Waals surface area contributed by atoms with Gasteiger partial charge in [0, 0.05) is 12.1 Å². The van der Waals surface area contributed by atoms with Crippen LogP contribution in [0.3, 0.4) is 0 Å². The second kappa shape index (κ2) is 5.40. The third-order valence-corrected chi connectivity index (χ3v) is 1.81. The fraction of sp³-hybridized carbons (Fsp3) is 0.200. The Balaban J connectivity index is 2.78. The van der Waals surface area contributed by atoms with Gasteiger partial charge in [-0.05, 0) is 24.1 Å². The number of aromatic carboxylic acids is 1. The van der Waals surface area contributed by atoms with Crippen molar-refractivity contribution in [2.24, 2.45) is 0 Å². The molecule has 0 aliphatic heterocycles. The van der Waals surface area contributed by atoms with Crippen LogP contribution in [0.15, 0.2) is 24.4 Å². The summed E-state index contributed by atoms with van der Waals surface area (Å²) in [4.78, 5) is 14.3. The Morgan fingerprint density at radius 1 is 1.64 bits per heavy atom. The Morgan fingerprint density at radius 3 is 3.07 bits per heavy atom. The van der Waals surface area contributed by atoms with Crippen molar-refractivity contribution >= 4 is 23.6 Å². The van der Waals surface area contributed by atoms with Gasteiger partial charge in [-0.25, -0.2) is 9.78 Å². The van der Waals surface area contributed by atoms with Crippen molar-refractivity contribution in [3.05, 3.63) is 35.7 Å². The highest BCUT2D eigenvalue weighted by Gasteiger charge is 2.02. The van der Waals surface area contributed by atoms with E-state index in [0.29, 0.717) is 5.88 Å². The Labute approximate surface area is 87.0 Å². The Bertz CT molecular complexity index is 350. The molecule has 1 rings (SSSR count). The van der Waals surface area contributed by atoms with E-state index in [1.165, 1.54) is 12.3 Å². The summed E-state index contributed by atoms with van der Waals surface area (Å²) in [5.74, 6) is -0.453. The number of carbonyl (C=O) groups is 1. The molecule has 0 unspecified atom stereocenters. The lowest BCUT2D eigenvalue weighted by atomic mass is 10.2. The lowest BCUT2D eigenvalue weighted by Gasteiger charge is -1.95. The van der Waals surface area contributed by atoms with E-state index in [1.807, 2.05) is 12.2 Å². The number of aromatic nitrogens is 1. The molecular formula is C10H10ClNO2. The zero-order valence-electron chi connectivity index (χ0n) is 7.48. The van der Waals surface area contributed by atoms with E-state index in [0.717, 1.165) is 12.0 Å². The van der Waals surface area contributed by atoms with E-state index in [2.05, 4.69) is 4.98 Å². The van der Waals surface area contributed by atoms with Crippen molar-refractivity contribution in [2.45, 2.75) is 6.42 Å². The second-order valence-electron chi connectivity index (χ2n) is 2.66. The predicted molar refractivity (Wildman–Crippen MR) is 55.6 cm³/mol. The number of alkyl halides is 1. The highest BCUT2D eigenvalue weighted by atomic mass is 35.5. The molecule has 14 heavy (non-hydrogen) atoms. The number of pyridine rings is 1. The number of allylic oxidation sites excluding steroid dienone is 1. The Hall–Kier alpha value is -1.35. The zero-order valence-corrected chi connectivity index (χ0v) is 8.24. The van der Waals surface area contributed by atoms with Crippen molar-refractivity contribution in [3.8, 4) is 0 Å². The second-order valence-corrected chi connectivity index (χ2v) is 3.04. The molecule has 1 N–H and O–H groups in total. The summed E-state index contributed by atoms with van der Waals surface area (Å²) in [6.07, 6.45) is 5.97. The van der Waals surface area contributed by atoms with Gasteiger partial charge in [0.05, 0.1) is 0 Å². The van der Waals surface area contributed by atoms with Crippen LogP contribution in [0.2, 0.25) is 0 Å². The van der Waals surface area contributed by atoms with E-state index >= 15 is 0 Å². The van der Waals surface area contributed by atoms with Gasteiger partial charge in [-0.15, -0.1) is 11.6 Å². The maximum atomic E-state index is 10.6.